The monoisotopic (exact) mass is 170 g/mol. The Balaban J connectivity index is 0. The van der Waals surface area contributed by atoms with E-state index in [1.54, 1.807) is 6.08 Å². The van der Waals surface area contributed by atoms with E-state index in [4.69, 9.17) is 6.58 Å². The maximum Gasteiger partial charge on any atom is 3.00 e. The van der Waals surface area contributed by atoms with Gasteiger partial charge in [-0.15, -0.1) is 0 Å². The summed E-state index contributed by atoms with van der Waals surface area (Å²) in [6.07, 6.45) is 5.15. The van der Waals surface area contributed by atoms with Crippen molar-refractivity contribution >= 4 is 0 Å². The topological polar surface area (TPSA) is 0 Å². The molecule has 0 amide bonds. The molecule has 0 N–H and O–H groups in total. The molecule has 0 aliphatic rings. The van der Waals surface area contributed by atoms with Gasteiger partial charge in [0.1, 0.15) is 0 Å². The van der Waals surface area contributed by atoms with Crippen molar-refractivity contribution in [2.75, 3.05) is 0 Å². The minimum Gasteiger partial charge on any atom is -0.293 e. The average Bonchev–Trinajstić information content (AvgIpc) is 1.41. The Morgan fingerprint density at radius 1 is 1.50 bits per heavy atom. The van der Waals surface area contributed by atoms with Crippen molar-refractivity contribution in [1.82, 2.24) is 0 Å². The molecule has 0 atom stereocenters. The smallest absolute Gasteiger partial charge is 0.293 e. The molecule has 0 unspecified atom stereocenters. The van der Waals surface area contributed by atoms with Crippen molar-refractivity contribution in [3.8, 4) is 0 Å². The third-order valence-corrected chi connectivity index (χ3v) is 0.304. The molecule has 0 heterocycles. The molecular weight excluding hydrogens is 163 g/mol. The summed E-state index contributed by atoms with van der Waals surface area (Å²) in [5.74, 6) is 0. The maximum atomic E-state index is 4.93. The summed E-state index contributed by atoms with van der Waals surface area (Å²) < 4.78 is 0. The molecule has 0 aromatic carbocycles. The van der Waals surface area contributed by atoms with Gasteiger partial charge in [-0.2, -0.15) is 6.08 Å². The van der Waals surface area contributed by atoms with Crippen molar-refractivity contribution in [2.45, 2.75) is 6.92 Å². The first-order chi connectivity index (χ1) is 2.41. The molecule has 34 valence electrons. The van der Waals surface area contributed by atoms with Gasteiger partial charge in [-0.25, -0.2) is 12.2 Å². The first kappa shape index (κ1) is 9.44. The Morgan fingerprint density at radius 3 is 2.00 bits per heavy atom. The van der Waals surface area contributed by atoms with Crippen LogP contribution in [-0.4, -0.2) is 0 Å². The minimum atomic E-state index is 0. The number of rotatable bonds is 1. The molecule has 0 bridgehead atoms. The van der Waals surface area contributed by atoms with Crippen LogP contribution >= 0.6 is 0 Å². The Hall–Kier alpha value is 0.103. The Labute approximate surface area is 51.7 Å². The van der Waals surface area contributed by atoms with E-state index < -0.39 is 0 Å². The van der Waals surface area contributed by atoms with Crippen molar-refractivity contribution < 1.29 is 19.5 Å². The van der Waals surface area contributed by atoms with Gasteiger partial charge < -0.3 is 0 Å². The van der Waals surface area contributed by atoms with E-state index in [-0.39, 0.29) is 19.5 Å². The Bertz CT molecular complexity index is 45.9. The zero-order valence-corrected chi connectivity index (χ0v) is 5.28. The number of hydrogen-bond donors (Lipinski definition) is 0. The number of hydrogen-bond acceptors (Lipinski definition) is 0. The normalized spacial score (nSPS) is 7.50. The van der Waals surface area contributed by atoms with E-state index in [0.29, 0.717) is 0 Å². The summed E-state index contributed by atoms with van der Waals surface area (Å²) in [5.41, 5.74) is 0. The molecule has 6 heavy (non-hydrogen) atoms. The zero-order chi connectivity index (χ0) is 4.12. The maximum absolute atomic E-state index is 4.93. The molecule has 0 nitrogen and oxygen atoms in total. The van der Waals surface area contributed by atoms with Gasteiger partial charge in [-0.3, -0.25) is 6.58 Å². The molecule has 0 spiro atoms. The first-order valence-electron chi connectivity index (χ1n) is 1.58. The largest absolute Gasteiger partial charge is 3.00 e. The van der Waals surface area contributed by atoms with Crippen LogP contribution in [0.15, 0.2) is 18.2 Å². The fraction of sp³-hybridized carbons (Fsp3) is 0.200. The van der Waals surface area contributed by atoms with Crippen LogP contribution in [-0.2, 0) is 19.5 Å². The molecule has 0 aliphatic heterocycles. The fourth-order valence-corrected chi connectivity index (χ4v) is 0.111. The van der Waals surface area contributed by atoms with Crippen LogP contribution in [0.2, 0.25) is 0 Å². The van der Waals surface area contributed by atoms with Crippen molar-refractivity contribution in [3.05, 3.63) is 24.8 Å². The summed E-state index contributed by atoms with van der Waals surface area (Å²) >= 11 is 0. The molecule has 0 fully saturated rings. The van der Waals surface area contributed by atoms with Crippen LogP contribution < -0.4 is 0 Å². The van der Waals surface area contributed by atoms with Crippen LogP contribution in [0.3, 0.4) is 0 Å². The van der Waals surface area contributed by atoms with Crippen LogP contribution in [0.25, 0.3) is 0 Å². The molecule has 0 saturated heterocycles. The standard InChI is InChI=1S/C5H7.Rh/c1-3-5-4-2;/h1,3-5H,2H3;/q-1;+3. The summed E-state index contributed by atoms with van der Waals surface area (Å²) in [4.78, 5) is 0. The molecule has 0 aromatic heterocycles. The van der Waals surface area contributed by atoms with Crippen LogP contribution in [0.5, 0.6) is 0 Å². The van der Waals surface area contributed by atoms with Gasteiger partial charge in [0, 0.05) is 0 Å². The van der Waals surface area contributed by atoms with Gasteiger partial charge in [0.2, 0.25) is 0 Å². The Morgan fingerprint density at radius 2 is 2.00 bits per heavy atom. The van der Waals surface area contributed by atoms with Crippen molar-refractivity contribution in [1.29, 1.82) is 0 Å². The third-order valence-electron chi connectivity index (χ3n) is 0.304. The van der Waals surface area contributed by atoms with Crippen LogP contribution in [0.1, 0.15) is 6.92 Å². The van der Waals surface area contributed by atoms with E-state index >= 15 is 0 Å². The van der Waals surface area contributed by atoms with Gasteiger partial charge in [-0.1, -0.05) is 6.92 Å². The molecular formula is C5H7Rh+2. The van der Waals surface area contributed by atoms with Crippen LogP contribution in [0.4, 0.5) is 0 Å². The molecule has 0 rings (SSSR count). The van der Waals surface area contributed by atoms with Crippen molar-refractivity contribution in [3.63, 3.8) is 0 Å². The van der Waals surface area contributed by atoms with E-state index in [1.807, 2.05) is 13.0 Å². The molecule has 1 heteroatoms. The second-order valence-corrected chi connectivity index (χ2v) is 0.718. The minimum absolute atomic E-state index is 0. The predicted molar refractivity (Wildman–Crippen MR) is 23.7 cm³/mol. The summed E-state index contributed by atoms with van der Waals surface area (Å²) in [6.45, 7) is 6.85. The second-order valence-electron chi connectivity index (χ2n) is 0.718. The first-order valence-corrected chi connectivity index (χ1v) is 1.58. The second kappa shape index (κ2) is 8.92. The van der Waals surface area contributed by atoms with Crippen molar-refractivity contribution in [2.24, 2.45) is 0 Å². The molecule has 0 saturated carbocycles. The molecule has 0 radical (unpaired) electrons. The van der Waals surface area contributed by atoms with Gasteiger partial charge in [-0.05, 0) is 0 Å². The van der Waals surface area contributed by atoms with Gasteiger partial charge >= 0.3 is 19.5 Å². The number of allylic oxidation sites excluding steroid dienone is 3. The van der Waals surface area contributed by atoms with Gasteiger partial charge in [0.05, 0.1) is 0 Å². The van der Waals surface area contributed by atoms with E-state index in [0.717, 1.165) is 0 Å². The Kier molecular flexibility index (Phi) is 14.0. The fourth-order valence-electron chi connectivity index (χ4n) is 0.111. The van der Waals surface area contributed by atoms with Gasteiger partial charge in [0.15, 0.2) is 0 Å². The van der Waals surface area contributed by atoms with Gasteiger partial charge in [0.25, 0.3) is 0 Å². The SMILES string of the molecule is [CH-]=CC=CC.[Rh+3]. The zero-order valence-electron chi connectivity index (χ0n) is 3.64. The summed E-state index contributed by atoms with van der Waals surface area (Å²) in [5, 5.41) is 0. The quantitative estimate of drug-likeness (QED) is 0.318. The summed E-state index contributed by atoms with van der Waals surface area (Å²) in [6, 6.07) is 0. The summed E-state index contributed by atoms with van der Waals surface area (Å²) in [7, 11) is 0. The molecule has 0 aliphatic carbocycles. The predicted octanol–water partition coefficient (Wildman–Crippen LogP) is 1.55. The van der Waals surface area contributed by atoms with E-state index in [1.165, 1.54) is 6.08 Å². The van der Waals surface area contributed by atoms with E-state index in [9.17, 15) is 0 Å². The van der Waals surface area contributed by atoms with E-state index in [2.05, 4.69) is 0 Å². The molecule has 0 aromatic rings. The third kappa shape index (κ3) is 8.93. The average molecular weight is 170 g/mol. The van der Waals surface area contributed by atoms with Crippen LogP contribution in [0, 0.1) is 6.58 Å².